The van der Waals surface area contributed by atoms with Crippen LogP contribution in [0.3, 0.4) is 0 Å². The zero-order valence-electron chi connectivity index (χ0n) is 18.2. The summed E-state index contributed by atoms with van der Waals surface area (Å²) in [5, 5.41) is 23.9. The summed E-state index contributed by atoms with van der Waals surface area (Å²) in [7, 11) is 1.25. The van der Waals surface area contributed by atoms with Crippen LogP contribution in [0.15, 0.2) is 46.1 Å². The van der Waals surface area contributed by atoms with E-state index in [2.05, 4.69) is 24.9 Å². The number of nitrogens with one attached hydrogen (secondary N) is 2. The number of aliphatic carboxylic acids is 1. The SMILES string of the molecule is CO/N=C(\C(=O)N[C@@H]1C(=O)N2C(C(=O)[O-])=C(C[NH+]3C=CN4N=CC=CC43)CS[C@H]12)c1nsc(N)n1. The van der Waals surface area contributed by atoms with Crippen molar-refractivity contribution < 1.29 is 29.2 Å². The molecule has 0 bridgehead atoms. The molecule has 0 aliphatic carbocycles. The Bertz CT molecular complexity index is 1240. The smallest absolute Gasteiger partial charge is 0.278 e. The van der Waals surface area contributed by atoms with Gasteiger partial charge < -0.3 is 25.8 Å². The standard InChI is InChI=1S/C19H19N9O5S2/c1-33-24-11(14-23-19(20)35-25-14)15(29)22-12-16(30)28-13(18(31)32)9(8-34-17(12)28)7-26-5-6-27-10(26)3-2-4-21-27/h2-6,10,12,17H,7-8H2,1H3,(H,22,29)(H,31,32)(H2,20,23,25)/b24-11-/t10?,12-,17-/m1/s1. The zero-order chi connectivity index (χ0) is 24.7. The number of thioether (sulfide) groups is 1. The molecule has 0 saturated carbocycles. The number of fused-ring (bicyclic) bond motifs is 2. The quantitative estimate of drug-likeness (QED) is 0.186. The fraction of sp³-hybridized carbons (Fsp3) is 0.316. The molecule has 1 aromatic rings. The van der Waals surface area contributed by atoms with E-state index >= 15 is 0 Å². The molecular formula is C19H19N9O5S2. The molecule has 35 heavy (non-hydrogen) atoms. The fourth-order valence-corrected chi connectivity index (χ4v) is 5.94. The Labute approximate surface area is 206 Å². The minimum absolute atomic E-state index is 0.0406. The third-order valence-corrected chi connectivity index (χ3v) is 7.56. The van der Waals surface area contributed by atoms with Gasteiger partial charge in [0.05, 0.1) is 17.9 Å². The average molecular weight is 518 g/mol. The lowest BCUT2D eigenvalue weighted by molar-refractivity contribution is -0.865. The molecule has 4 N–H and O–H groups in total. The third-order valence-electron chi connectivity index (χ3n) is 5.68. The first kappa shape index (κ1) is 23.0. The molecule has 2 unspecified atom stereocenters. The van der Waals surface area contributed by atoms with Gasteiger partial charge in [0, 0.05) is 29.1 Å². The summed E-state index contributed by atoms with van der Waals surface area (Å²) in [6.45, 7) is 0.350. The normalized spacial score (nSPS) is 27.0. The Hall–Kier alpha value is -3.76. The number of nitrogens with zero attached hydrogens (tertiary/aromatic N) is 6. The molecule has 5 rings (SSSR count). The van der Waals surface area contributed by atoms with Crippen LogP contribution in [0.5, 0.6) is 0 Å². The van der Waals surface area contributed by atoms with Crippen LogP contribution in [0.25, 0.3) is 0 Å². The van der Waals surface area contributed by atoms with Crippen molar-refractivity contribution in [2.45, 2.75) is 17.6 Å². The topological polar surface area (TPSA) is 183 Å². The molecule has 5 heterocycles. The van der Waals surface area contributed by atoms with Gasteiger partial charge in [0.1, 0.15) is 31.3 Å². The predicted molar refractivity (Wildman–Crippen MR) is 123 cm³/mol. The van der Waals surface area contributed by atoms with Gasteiger partial charge in [-0.25, -0.2) is 5.01 Å². The minimum Gasteiger partial charge on any atom is -0.543 e. The number of oxime groups is 1. The van der Waals surface area contributed by atoms with Crippen LogP contribution < -0.4 is 21.1 Å². The molecule has 182 valence electrons. The number of β-lactam (4-membered cyclic amide) rings is 1. The maximum Gasteiger partial charge on any atom is 0.278 e. The van der Waals surface area contributed by atoms with Crippen LogP contribution in [-0.2, 0) is 19.2 Å². The molecule has 0 aromatic carbocycles. The van der Waals surface area contributed by atoms with Gasteiger partial charge in [0.2, 0.25) is 17.7 Å². The maximum atomic E-state index is 13.0. The van der Waals surface area contributed by atoms with Crippen molar-refractivity contribution in [2.75, 3.05) is 25.1 Å². The second-order valence-corrected chi connectivity index (χ2v) is 9.61. The largest absolute Gasteiger partial charge is 0.543 e. The van der Waals surface area contributed by atoms with E-state index < -0.39 is 29.2 Å². The van der Waals surface area contributed by atoms with E-state index in [1.54, 1.807) is 11.2 Å². The Morgan fingerprint density at radius 2 is 2.29 bits per heavy atom. The van der Waals surface area contributed by atoms with E-state index in [0.717, 1.165) is 16.4 Å². The van der Waals surface area contributed by atoms with E-state index in [1.165, 1.54) is 23.8 Å². The van der Waals surface area contributed by atoms with Crippen molar-refractivity contribution in [1.82, 2.24) is 24.6 Å². The first-order valence-electron chi connectivity index (χ1n) is 10.3. The highest BCUT2D eigenvalue weighted by atomic mass is 32.2. The van der Waals surface area contributed by atoms with Crippen molar-refractivity contribution in [1.29, 1.82) is 0 Å². The second-order valence-electron chi connectivity index (χ2n) is 7.72. The van der Waals surface area contributed by atoms with E-state index in [-0.39, 0.29) is 28.5 Å². The Morgan fingerprint density at radius 1 is 1.46 bits per heavy atom. The van der Waals surface area contributed by atoms with Crippen molar-refractivity contribution >= 4 is 58.1 Å². The number of quaternary nitrogens is 1. The van der Waals surface area contributed by atoms with Crippen molar-refractivity contribution in [3.8, 4) is 0 Å². The van der Waals surface area contributed by atoms with E-state index in [9.17, 15) is 19.5 Å². The van der Waals surface area contributed by atoms with Gasteiger partial charge in [-0.05, 0) is 12.2 Å². The number of carbonyl (C=O) groups is 3. The molecule has 1 fully saturated rings. The predicted octanol–water partition coefficient (Wildman–Crippen LogP) is -3.57. The molecule has 2 amide bonds. The zero-order valence-corrected chi connectivity index (χ0v) is 19.8. The van der Waals surface area contributed by atoms with Crippen LogP contribution in [0.1, 0.15) is 5.82 Å². The van der Waals surface area contributed by atoms with Crippen LogP contribution in [-0.4, -0.2) is 86.0 Å². The van der Waals surface area contributed by atoms with Gasteiger partial charge in [-0.15, -0.1) is 11.8 Å². The van der Waals surface area contributed by atoms with Crippen LogP contribution in [0.4, 0.5) is 5.13 Å². The summed E-state index contributed by atoms with van der Waals surface area (Å²) in [6, 6.07) is -0.966. The van der Waals surface area contributed by atoms with Crippen LogP contribution in [0, 0.1) is 0 Å². The highest BCUT2D eigenvalue weighted by molar-refractivity contribution is 8.00. The number of hydrogen-bond donors (Lipinski definition) is 3. The van der Waals surface area contributed by atoms with Gasteiger partial charge in [-0.1, -0.05) is 5.16 Å². The van der Waals surface area contributed by atoms with E-state index in [1.807, 2.05) is 24.6 Å². The first-order valence-corrected chi connectivity index (χ1v) is 12.1. The number of allylic oxidation sites excluding steroid dienone is 1. The summed E-state index contributed by atoms with van der Waals surface area (Å²) in [5.74, 6) is -2.44. The minimum atomic E-state index is -1.44. The van der Waals surface area contributed by atoms with Gasteiger partial charge in [-0.2, -0.15) is 14.5 Å². The number of hydrazone groups is 1. The third kappa shape index (κ3) is 4.04. The van der Waals surface area contributed by atoms with E-state index in [0.29, 0.717) is 17.9 Å². The highest BCUT2D eigenvalue weighted by Gasteiger charge is 2.53. The Balaban J connectivity index is 1.32. The summed E-state index contributed by atoms with van der Waals surface area (Å²) >= 11 is 2.23. The number of carboxylic acid groups (broad SMARTS) is 1. The average Bonchev–Trinajstić information content (AvgIpc) is 3.46. The molecule has 1 saturated heterocycles. The summed E-state index contributed by atoms with van der Waals surface area (Å²) in [5.41, 5.74) is 5.74. The molecule has 0 radical (unpaired) electrons. The molecular weight excluding hydrogens is 498 g/mol. The Morgan fingerprint density at radius 3 is 3.00 bits per heavy atom. The van der Waals surface area contributed by atoms with Crippen molar-refractivity contribution in [2.24, 2.45) is 10.3 Å². The van der Waals surface area contributed by atoms with E-state index in [4.69, 9.17) is 10.6 Å². The van der Waals surface area contributed by atoms with Gasteiger partial charge in [0.25, 0.3) is 11.8 Å². The number of carboxylic acids is 1. The molecule has 0 spiro atoms. The highest BCUT2D eigenvalue weighted by Crippen LogP contribution is 2.39. The van der Waals surface area contributed by atoms with Gasteiger partial charge in [0.15, 0.2) is 5.13 Å². The number of anilines is 1. The van der Waals surface area contributed by atoms with Crippen LogP contribution >= 0.6 is 23.3 Å². The second kappa shape index (κ2) is 9.12. The molecule has 4 aliphatic heterocycles. The molecule has 14 nitrogen and oxygen atoms in total. The number of nitrogen functional groups attached to an aromatic ring is 1. The number of nitrogens with two attached hydrogens (primary N) is 1. The molecule has 16 heteroatoms. The molecule has 4 atom stereocenters. The monoisotopic (exact) mass is 517 g/mol. The number of aromatic nitrogens is 2. The fourth-order valence-electron chi connectivity index (χ4n) is 4.16. The van der Waals surface area contributed by atoms with Crippen molar-refractivity contribution in [3.05, 3.63) is 41.6 Å². The van der Waals surface area contributed by atoms with Crippen LogP contribution in [0.2, 0.25) is 0 Å². The lowest BCUT2D eigenvalue weighted by Gasteiger charge is -2.50. The van der Waals surface area contributed by atoms with Crippen molar-refractivity contribution in [3.63, 3.8) is 0 Å². The Kier molecular flexibility index (Phi) is 6.00. The molecule has 1 aromatic heterocycles. The first-order chi connectivity index (χ1) is 16.9. The maximum absolute atomic E-state index is 13.0. The summed E-state index contributed by atoms with van der Waals surface area (Å²) < 4.78 is 3.95. The van der Waals surface area contributed by atoms with Gasteiger partial charge in [-0.3, -0.25) is 19.4 Å². The number of carbonyl (C=O) groups excluding carboxylic acids is 3. The lowest BCUT2D eigenvalue weighted by atomic mass is 10.0. The summed E-state index contributed by atoms with van der Waals surface area (Å²) in [4.78, 5) is 48.6. The molecule has 4 aliphatic rings. The number of rotatable bonds is 7. The van der Waals surface area contributed by atoms with Gasteiger partial charge >= 0.3 is 0 Å². The summed E-state index contributed by atoms with van der Waals surface area (Å²) in [6.07, 6.45) is 9.09. The lowest BCUT2D eigenvalue weighted by Crippen LogP contribution is -3.11. The number of hydrogen-bond acceptors (Lipinski definition) is 13. The number of amides is 2.